The van der Waals surface area contributed by atoms with Crippen LogP contribution in [0.3, 0.4) is 0 Å². The molecule has 0 N–H and O–H groups in total. The monoisotopic (exact) mass is 1270 g/mol. The van der Waals surface area contributed by atoms with Gasteiger partial charge in [-0.2, -0.15) is 5.26 Å². The summed E-state index contributed by atoms with van der Waals surface area (Å²) < 4.78 is 4.93. The minimum Gasteiger partial charge on any atom is -0.310 e. The third kappa shape index (κ3) is 9.89. The van der Waals surface area contributed by atoms with Crippen molar-refractivity contribution in [1.29, 1.82) is 5.26 Å². The minimum absolute atomic E-state index is 0.249. The Morgan fingerprint density at radius 1 is 0.343 bits per heavy atom. The molecular weight excluding hydrogens is 1200 g/mol. The number of fused-ring (bicyclic) bond motifs is 10. The molecule has 17 rings (SSSR count). The van der Waals surface area contributed by atoms with Gasteiger partial charge in [-0.1, -0.05) is 244 Å². The first kappa shape index (κ1) is 60.7. The molecule has 2 aromatic heterocycles. The van der Waals surface area contributed by atoms with Crippen molar-refractivity contribution in [1.82, 2.24) is 9.13 Å². The van der Waals surface area contributed by atoms with E-state index in [-0.39, 0.29) is 23.0 Å². The van der Waals surface area contributed by atoms with E-state index < -0.39 is 0 Å². The smallest absolute Gasteiger partial charge is 0.252 e. The fourth-order valence-corrected chi connectivity index (χ4v) is 15.7. The summed E-state index contributed by atoms with van der Waals surface area (Å²) in [4.78, 5) is 9.24. The zero-order valence-corrected chi connectivity index (χ0v) is 57.3. The fourth-order valence-electron chi connectivity index (χ4n) is 15.7. The normalized spacial score (nSPS) is 12.8. The molecule has 0 bridgehead atoms. The van der Waals surface area contributed by atoms with Crippen LogP contribution in [0.4, 0.5) is 39.8 Å². The number of nitrogens with zero attached hydrogens (tertiary/aromatic N) is 6. The molecule has 0 spiro atoms. The Balaban J connectivity index is 1.08. The van der Waals surface area contributed by atoms with Gasteiger partial charge >= 0.3 is 0 Å². The first-order valence-corrected chi connectivity index (χ1v) is 34.4. The van der Waals surface area contributed by atoms with E-state index in [9.17, 15) is 5.26 Å². The second-order valence-electron chi connectivity index (χ2n) is 29.9. The molecule has 7 heteroatoms. The average molecular weight is 1270 g/mol. The predicted octanol–water partition coefficient (Wildman–Crippen LogP) is 22.9. The van der Waals surface area contributed by atoms with Gasteiger partial charge in [0.2, 0.25) is 0 Å². The summed E-state index contributed by atoms with van der Waals surface area (Å²) in [6.07, 6.45) is 0. The van der Waals surface area contributed by atoms with Crippen LogP contribution in [0.2, 0.25) is 0 Å². The molecule has 0 radical (unpaired) electrons. The molecule has 15 aromatic rings. The van der Waals surface area contributed by atoms with E-state index in [1.165, 1.54) is 54.6 Å². The van der Waals surface area contributed by atoms with Crippen molar-refractivity contribution in [2.45, 2.75) is 78.6 Å². The molecule has 0 saturated carbocycles. The summed E-state index contributed by atoms with van der Waals surface area (Å²) in [5.74, 6) is 0. The second-order valence-corrected chi connectivity index (χ2v) is 29.9. The first-order valence-electron chi connectivity index (χ1n) is 34.4. The van der Waals surface area contributed by atoms with Crippen molar-refractivity contribution >= 4 is 107 Å². The van der Waals surface area contributed by atoms with E-state index in [1.54, 1.807) is 0 Å². The lowest BCUT2D eigenvalue weighted by molar-refractivity contribution is 0.590. The lowest BCUT2D eigenvalue weighted by atomic mass is 9.33. The lowest BCUT2D eigenvalue weighted by Crippen LogP contribution is -2.61. The molecule has 0 atom stereocenters. The molecule has 4 heterocycles. The maximum Gasteiger partial charge on any atom is 0.252 e. The molecule has 99 heavy (non-hydrogen) atoms. The quantitative estimate of drug-likeness (QED) is 0.112. The Bertz CT molecular complexity index is 5420. The van der Waals surface area contributed by atoms with Gasteiger partial charge in [-0.05, 0) is 169 Å². The summed E-state index contributed by atoms with van der Waals surface area (Å²) in [6, 6.07) is 106. The van der Waals surface area contributed by atoms with Crippen molar-refractivity contribution in [3.8, 4) is 62.0 Å². The van der Waals surface area contributed by atoms with E-state index in [1.807, 2.05) is 24.3 Å². The van der Waals surface area contributed by atoms with Crippen LogP contribution in [-0.2, 0) is 16.2 Å². The van der Waals surface area contributed by atoms with E-state index >= 15 is 0 Å². The average Bonchev–Trinajstić information content (AvgIpc) is 1.60. The van der Waals surface area contributed by atoms with Crippen molar-refractivity contribution < 1.29 is 0 Å². The molecule has 0 unspecified atom stereocenters. The highest BCUT2D eigenvalue weighted by atomic mass is 15.2. The summed E-state index contributed by atoms with van der Waals surface area (Å²) in [6.45, 7) is 28.8. The third-order valence-electron chi connectivity index (χ3n) is 20.8. The zero-order valence-electron chi connectivity index (χ0n) is 57.3. The van der Waals surface area contributed by atoms with Crippen LogP contribution >= 0.6 is 0 Å². The van der Waals surface area contributed by atoms with Gasteiger partial charge in [-0.15, -0.1) is 0 Å². The largest absolute Gasteiger partial charge is 0.310 e. The number of benzene rings is 13. The Morgan fingerprint density at radius 3 is 1.01 bits per heavy atom. The van der Waals surface area contributed by atoms with Crippen molar-refractivity contribution in [3.63, 3.8) is 0 Å². The van der Waals surface area contributed by atoms with Crippen LogP contribution in [0.1, 0.15) is 84.6 Å². The number of aromatic nitrogens is 2. The SMILES string of the molecule is [C-]#[N+]c1ccc(-c2cc(C(C)(C)C)cc(-c3ccccc3)c2N2c3cc(-n4c5ccccc5c5ccccc54)ccc3B3c4ccc(-n5c6ccccc6c6ccccc65)cc4N(c4c(-c5ccccc5)cc(C(C)(C)C)cc4-c4ccc(C#N)cc4)c4cc(C(C)(C)C)cc2c43)cc1. The standard InChI is InChI=1S/C92H73BN6/c1-90(2,3)63-49-73(59-25-13-11-14-26-59)88(75(51-63)61-39-37-58(57-94)38-40-61)98-83-55-67(96-79-33-21-17-29-69(79)70-30-18-22-34-80(70)96)45-47-77(83)93-78-48-46-68(97-81-35-23-19-31-71(81)72-32-20-24-36-82(72)97)56-84(78)99(86-54-65(92(7,8)9)53-85(98)87(86)93)89-74(60-27-15-12-16-28-60)50-64(91(4,5)6)52-76(89)62-41-43-66(95-10)44-42-62/h11-56H,1-9H3. The van der Waals surface area contributed by atoms with Gasteiger partial charge in [-0.25, -0.2) is 4.85 Å². The highest BCUT2D eigenvalue weighted by molar-refractivity contribution is 7.00. The number of anilines is 6. The van der Waals surface area contributed by atoms with Gasteiger partial charge in [0.15, 0.2) is 5.69 Å². The number of nitriles is 1. The third-order valence-corrected chi connectivity index (χ3v) is 20.8. The Morgan fingerprint density at radius 2 is 0.667 bits per heavy atom. The molecule has 0 saturated heterocycles. The summed E-state index contributed by atoms with van der Waals surface area (Å²) in [7, 11) is 0. The minimum atomic E-state index is -0.375. The Kier molecular flexibility index (Phi) is 14.0. The highest BCUT2D eigenvalue weighted by Gasteiger charge is 2.47. The first-order chi connectivity index (χ1) is 47.9. The molecule has 0 amide bonds. The Hall–Kier alpha value is -11.9. The second kappa shape index (κ2) is 22.9. The zero-order chi connectivity index (χ0) is 67.8. The van der Waals surface area contributed by atoms with Gasteiger partial charge in [0.1, 0.15) is 0 Å². The Labute approximate surface area is 580 Å². The van der Waals surface area contributed by atoms with Crippen LogP contribution < -0.4 is 26.2 Å². The molecule has 2 aliphatic heterocycles. The van der Waals surface area contributed by atoms with Gasteiger partial charge in [0.05, 0.1) is 51.6 Å². The number of rotatable bonds is 8. The van der Waals surface area contributed by atoms with Crippen molar-refractivity contribution in [3.05, 3.63) is 313 Å². The highest BCUT2D eigenvalue weighted by Crippen LogP contribution is 2.56. The molecule has 6 nitrogen and oxygen atoms in total. The van der Waals surface area contributed by atoms with E-state index in [0.29, 0.717) is 11.3 Å². The molecule has 474 valence electrons. The topological polar surface area (TPSA) is 44.5 Å². The van der Waals surface area contributed by atoms with Crippen molar-refractivity contribution in [2.75, 3.05) is 9.80 Å². The molecular formula is C92H73BN6. The predicted molar refractivity (Wildman–Crippen MR) is 418 cm³/mol. The van der Waals surface area contributed by atoms with Gasteiger partial charge in [-0.3, -0.25) is 0 Å². The number of para-hydroxylation sites is 4. The molecule has 0 aliphatic carbocycles. The molecule has 0 fully saturated rings. The number of hydrogen-bond acceptors (Lipinski definition) is 3. The maximum absolute atomic E-state index is 10.4. The van der Waals surface area contributed by atoms with Crippen LogP contribution in [0.15, 0.2) is 279 Å². The molecule has 2 aliphatic rings. The summed E-state index contributed by atoms with van der Waals surface area (Å²) >= 11 is 0. The fraction of sp³-hybridized carbons (Fsp3) is 0.130. The molecule has 13 aromatic carbocycles. The lowest BCUT2D eigenvalue weighted by Gasteiger charge is -2.47. The van der Waals surface area contributed by atoms with Crippen LogP contribution in [-0.4, -0.2) is 15.8 Å². The maximum atomic E-state index is 10.4. The van der Waals surface area contributed by atoms with Gasteiger partial charge < -0.3 is 18.9 Å². The van der Waals surface area contributed by atoms with Crippen LogP contribution in [0.5, 0.6) is 0 Å². The van der Waals surface area contributed by atoms with Crippen LogP contribution in [0, 0.1) is 17.9 Å². The number of hydrogen-bond donors (Lipinski definition) is 0. The van der Waals surface area contributed by atoms with E-state index in [0.717, 1.165) is 112 Å². The summed E-state index contributed by atoms with van der Waals surface area (Å²) in [5, 5.41) is 15.2. The van der Waals surface area contributed by atoms with Gasteiger partial charge in [0.25, 0.3) is 6.71 Å². The van der Waals surface area contributed by atoms with E-state index in [4.69, 9.17) is 6.57 Å². The van der Waals surface area contributed by atoms with Crippen LogP contribution in [0.25, 0.3) is 104 Å². The van der Waals surface area contributed by atoms with Crippen molar-refractivity contribution in [2.24, 2.45) is 0 Å². The van der Waals surface area contributed by atoms with Gasteiger partial charge in [0, 0.05) is 77.9 Å². The summed E-state index contributed by atoms with van der Waals surface area (Å²) in [5.41, 5.74) is 29.1. The van der Waals surface area contributed by atoms with E-state index in [2.05, 4.69) is 347 Å².